The van der Waals surface area contributed by atoms with E-state index in [2.05, 4.69) is 47.6 Å². The summed E-state index contributed by atoms with van der Waals surface area (Å²) in [5.74, 6) is 0.723. The molecule has 8 heteroatoms. The Hall–Kier alpha value is -4.21. The van der Waals surface area contributed by atoms with Crippen LogP contribution in [0.1, 0.15) is 51.9 Å². The average Bonchev–Trinajstić information content (AvgIpc) is 3.51. The number of hydrogen-bond donors (Lipinski definition) is 2. The summed E-state index contributed by atoms with van der Waals surface area (Å²) in [5, 5.41) is 13.5. The summed E-state index contributed by atoms with van der Waals surface area (Å²) < 4.78 is 15.3. The minimum Gasteiger partial charge on any atom is -0.392 e. The highest BCUT2D eigenvalue weighted by Crippen LogP contribution is 2.43. The summed E-state index contributed by atoms with van der Waals surface area (Å²) >= 11 is 1.68. The molecule has 1 fully saturated rings. The fraction of sp³-hybridized carbons (Fsp3) is 0.243. The normalized spacial score (nSPS) is 19.7. The van der Waals surface area contributed by atoms with Crippen molar-refractivity contribution >= 4 is 17.7 Å². The molecule has 0 spiro atoms. The summed E-state index contributed by atoms with van der Waals surface area (Å²) in [6.07, 6.45) is 2.94. The van der Waals surface area contributed by atoms with Gasteiger partial charge in [-0.3, -0.25) is 4.79 Å². The van der Waals surface area contributed by atoms with E-state index >= 15 is 0 Å². The van der Waals surface area contributed by atoms with E-state index in [1.54, 1.807) is 11.8 Å². The number of carbonyl (C=O) groups excluding carboxylic acids is 1. The predicted molar refractivity (Wildman–Crippen MR) is 176 cm³/mol. The zero-order valence-corrected chi connectivity index (χ0v) is 26.2. The first kappa shape index (κ1) is 30.8. The smallest absolute Gasteiger partial charge is 0.251 e. The van der Waals surface area contributed by atoms with E-state index in [1.807, 2.05) is 96.8 Å². The van der Waals surface area contributed by atoms with E-state index in [-0.39, 0.29) is 30.6 Å². The van der Waals surface area contributed by atoms with Gasteiger partial charge in [-0.1, -0.05) is 110 Å². The molecule has 6 rings (SSSR count). The van der Waals surface area contributed by atoms with Crippen LogP contribution in [0.4, 0.5) is 0 Å². The van der Waals surface area contributed by atoms with Crippen molar-refractivity contribution in [3.8, 4) is 11.1 Å². The van der Waals surface area contributed by atoms with Crippen molar-refractivity contribution in [3.63, 3.8) is 0 Å². The van der Waals surface area contributed by atoms with Crippen molar-refractivity contribution in [2.24, 2.45) is 13.0 Å². The Morgan fingerprint density at radius 2 is 1.62 bits per heavy atom. The predicted octanol–water partition coefficient (Wildman–Crippen LogP) is 7.09. The highest BCUT2D eigenvalue weighted by Gasteiger charge is 2.38. The van der Waals surface area contributed by atoms with Crippen LogP contribution in [-0.2, 0) is 29.7 Å². The van der Waals surface area contributed by atoms with Crippen LogP contribution in [0.3, 0.4) is 0 Å². The Bertz CT molecular complexity index is 1710. The number of benzene rings is 4. The Morgan fingerprint density at radius 1 is 0.911 bits per heavy atom. The Morgan fingerprint density at radius 3 is 2.33 bits per heavy atom. The van der Waals surface area contributed by atoms with E-state index in [9.17, 15) is 9.90 Å². The molecule has 1 saturated heterocycles. The number of aliphatic hydroxyl groups is 1. The van der Waals surface area contributed by atoms with Gasteiger partial charge in [0.2, 0.25) is 0 Å². The molecule has 4 atom stereocenters. The number of nitrogens with zero attached hydrogens (tertiary/aromatic N) is 2. The van der Waals surface area contributed by atoms with Gasteiger partial charge in [0.05, 0.1) is 18.8 Å². The van der Waals surface area contributed by atoms with Gasteiger partial charge in [-0.25, -0.2) is 4.98 Å². The van der Waals surface area contributed by atoms with Crippen LogP contribution in [0.2, 0.25) is 0 Å². The second-order valence-electron chi connectivity index (χ2n) is 11.3. The molecule has 0 unspecified atom stereocenters. The minimum atomic E-state index is -0.551. The average molecular weight is 620 g/mol. The number of thioether (sulfide) groups is 1. The zero-order chi connectivity index (χ0) is 31.2. The molecule has 1 aliphatic rings. The van der Waals surface area contributed by atoms with Gasteiger partial charge >= 0.3 is 0 Å². The molecule has 5 aromatic rings. The van der Waals surface area contributed by atoms with Crippen LogP contribution in [-0.4, -0.2) is 32.4 Å². The summed E-state index contributed by atoms with van der Waals surface area (Å²) in [4.78, 5) is 17.1. The Balaban J connectivity index is 1.21. The highest BCUT2D eigenvalue weighted by molar-refractivity contribution is 7.99. The van der Waals surface area contributed by atoms with Crippen molar-refractivity contribution in [1.82, 2.24) is 14.9 Å². The van der Waals surface area contributed by atoms with Crippen LogP contribution in [0.25, 0.3) is 11.1 Å². The van der Waals surface area contributed by atoms with Gasteiger partial charge in [-0.05, 0) is 39.9 Å². The molecule has 0 bridgehead atoms. The van der Waals surface area contributed by atoms with Crippen molar-refractivity contribution in [3.05, 3.63) is 143 Å². The third kappa shape index (κ3) is 7.21. The van der Waals surface area contributed by atoms with E-state index in [0.29, 0.717) is 12.1 Å². The van der Waals surface area contributed by atoms with E-state index in [4.69, 9.17) is 9.47 Å². The van der Waals surface area contributed by atoms with Crippen molar-refractivity contribution < 1.29 is 19.4 Å². The summed E-state index contributed by atoms with van der Waals surface area (Å²) in [6.45, 7) is 2.59. The SMILES string of the molecule is C[C@H]1[C@@H](CSc2nccn2C)O[C@@H](c2ccc(-c3ccccc3CNC(=O)c3ccccc3)cc2)O[C@H]1c1ccc(CO)cc1. The van der Waals surface area contributed by atoms with E-state index in [1.165, 1.54) is 0 Å². The monoisotopic (exact) mass is 619 g/mol. The third-order valence-corrected chi connectivity index (χ3v) is 9.41. The van der Waals surface area contributed by atoms with Crippen LogP contribution < -0.4 is 5.32 Å². The fourth-order valence-corrected chi connectivity index (χ4v) is 6.70. The first-order chi connectivity index (χ1) is 22.0. The number of aliphatic hydroxyl groups excluding tert-OH is 1. The van der Waals surface area contributed by atoms with Crippen molar-refractivity contribution in [2.75, 3.05) is 5.75 Å². The first-order valence-electron chi connectivity index (χ1n) is 15.1. The lowest BCUT2D eigenvalue weighted by Gasteiger charge is -2.41. The highest BCUT2D eigenvalue weighted by atomic mass is 32.2. The Labute approximate surface area is 268 Å². The molecule has 7 nitrogen and oxygen atoms in total. The summed E-state index contributed by atoms with van der Waals surface area (Å²) in [5.41, 5.74) is 6.64. The van der Waals surface area contributed by atoms with Gasteiger partial charge in [-0.15, -0.1) is 0 Å². The molecule has 0 saturated carbocycles. The molecule has 0 aliphatic carbocycles. The molecule has 4 aromatic carbocycles. The number of hydrogen-bond acceptors (Lipinski definition) is 6. The molecule has 0 radical (unpaired) electrons. The topological polar surface area (TPSA) is 85.6 Å². The van der Waals surface area contributed by atoms with Gasteiger partial charge in [0, 0.05) is 48.8 Å². The van der Waals surface area contributed by atoms with Crippen molar-refractivity contribution in [2.45, 2.75) is 43.7 Å². The van der Waals surface area contributed by atoms with Crippen LogP contribution in [0.5, 0.6) is 0 Å². The number of rotatable bonds is 10. The lowest BCUT2D eigenvalue weighted by atomic mass is 9.91. The number of aryl methyl sites for hydroxylation is 1. The largest absolute Gasteiger partial charge is 0.392 e. The molecule has 45 heavy (non-hydrogen) atoms. The lowest BCUT2D eigenvalue weighted by Crippen LogP contribution is -2.38. The number of amides is 1. The minimum absolute atomic E-state index is 0.00486. The van der Waals surface area contributed by atoms with Gasteiger partial charge < -0.3 is 24.5 Å². The maximum absolute atomic E-state index is 12.7. The zero-order valence-electron chi connectivity index (χ0n) is 25.4. The van der Waals surface area contributed by atoms with Gasteiger partial charge in [0.1, 0.15) is 0 Å². The van der Waals surface area contributed by atoms with E-state index < -0.39 is 6.29 Å². The number of aromatic nitrogens is 2. The molecular formula is C37H37N3O4S. The third-order valence-electron chi connectivity index (χ3n) is 8.26. The van der Waals surface area contributed by atoms with Crippen LogP contribution in [0.15, 0.2) is 121 Å². The van der Waals surface area contributed by atoms with Gasteiger partial charge in [-0.2, -0.15) is 0 Å². The summed E-state index contributed by atoms with van der Waals surface area (Å²) in [7, 11) is 1.99. The maximum Gasteiger partial charge on any atom is 0.251 e. The Kier molecular flexibility index (Phi) is 9.76. The van der Waals surface area contributed by atoms with Crippen LogP contribution in [0, 0.1) is 5.92 Å². The standard InChI is InChI=1S/C37H37N3O4S/c1-25-33(24-45-37-38-20-21-40(37)2)43-36(44-34(25)28-14-12-26(23-41)13-15-28)30-18-16-27(17-19-30)32-11-7-6-10-31(32)22-39-35(42)29-8-4-3-5-9-29/h3-21,25,33-34,36,41H,22-24H2,1-2H3,(H,39,42)/t25-,33+,34+,36+/m0/s1. The molecule has 2 heterocycles. The van der Waals surface area contributed by atoms with Gasteiger partial charge in [0.15, 0.2) is 11.4 Å². The second-order valence-corrected chi connectivity index (χ2v) is 12.3. The first-order valence-corrected chi connectivity index (χ1v) is 16.1. The molecule has 230 valence electrons. The number of carbonyl (C=O) groups is 1. The quantitative estimate of drug-likeness (QED) is 0.162. The lowest BCUT2D eigenvalue weighted by molar-refractivity contribution is -0.268. The number of nitrogens with one attached hydrogen (secondary N) is 1. The summed E-state index contributed by atoms with van der Waals surface area (Å²) in [6, 6.07) is 33.6. The molecular weight excluding hydrogens is 582 g/mol. The van der Waals surface area contributed by atoms with Crippen molar-refractivity contribution in [1.29, 1.82) is 0 Å². The maximum atomic E-state index is 12.7. The number of ether oxygens (including phenoxy) is 2. The fourth-order valence-electron chi connectivity index (χ4n) is 5.60. The van der Waals surface area contributed by atoms with Gasteiger partial charge in [0.25, 0.3) is 5.91 Å². The van der Waals surface area contributed by atoms with E-state index in [0.717, 1.165) is 44.3 Å². The molecule has 2 N–H and O–H groups in total. The van der Waals surface area contributed by atoms with Crippen LogP contribution >= 0.6 is 11.8 Å². The molecule has 1 amide bonds. The second kappa shape index (κ2) is 14.3. The number of imidazole rings is 1. The molecule has 1 aliphatic heterocycles. The molecule has 1 aromatic heterocycles.